The lowest BCUT2D eigenvalue weighted by atomic mass is 10.1. The van der Waals surface area contributed by atoms with E-state index in [1.165, 1.54) is 0 Å². The van der Waals surface area contributed by atoms with Crippen molar-refractivity contribution in [1.29, 1.82) is 0 Å². The average molecular weight is 229 g/mol. The van der Waals surface area contributed by atoms with Crippen molar-refractivity contribution in [2.24, 2.45) is 0 Å². The molecule has 2 aromatic carbocycles. The van der Waals surface area contributed by atoms with Crippen molar-refractivity contribution in [3.05, 3.63) is 53.6 Å². The van der Waals surface area contributed by atoms with E-state index in [-0.39, 0.29) is 5.75 Å². The molecular weight excluding hydrogens is 214 g/mol. The van der Waals surface area contributed by atoms with Gasteiger partial charge in [0.1, 0.15) is 11.4 Å². The highest BCUT2D eigenvalue weighted by Crippen LogP contribution is 2.35. The van der Waals surface area contributed by atoms with Crippen molar-refractivity contribution in [1.82, 2.24) is 0 Å². The van der Waals surface area contributed by atoms with Gasteiger partial charge in [-0.1, -0.05) is 30.3 Å². The fourth-order valence-corrected chi connectivity index (χ4v) is 1.84. The quantitative estimate of drug-likeness (QED) is 0.774. The van der Waals surface area contributed by atoms with Crippen LogP contribution in [0.25, 0.3) is 0 Å². The zero-order valence-corrected chi connectivity index (χ0v) is 9.88. The zero-order chi connectivity index (χ0) is 12.4. The van der Waals surface area contributed by atoms with Gasteiger partial charge < -0.3 is 5.11 Å². The summed E-state index contributed by atoms with van der Waals surface area (Å²) >= 11 is 0. The van der Waals surface area contributed by atoms with Crippen molar-refractivity contribution in [3.8, 4) is 5.75 Å². The lowest BCUT2D eigenvalue weighted by Crippen LogP contribution is -2.13. The molecule has 2 N–H and O–H groups in total. The first-order valence-electron chi connectivity index (χ1n) is 5.44. The van der Waals surface area contributed by atoms with Crippen molar-refractivity contribution in [3.63, 3.8) is 0 Å². The molecule has 3 heteroatoms. The second kappa shape index (κ2) is 4.47. The van der Waals surface area contributed by atoms with Crippen LogP contribution < -0.4 is 5.06 Å². The Morgan fingerprint density at radius 3 is 2.18 bits per heavy atom. The van der Waals surface area contributed by atoms with Crippen LogP contribution in [0.2, 0.25) is 0 Å². The maximum atomic E-state index is 10.2. The zero-order valence-electron chi connectivity index (χ0n) is 9.88. The standard InChI is InChI=1S/C14H15NO2/c1-10-6-3-4-8-12(10)15(17)14-11(2)7-5-9-13(14)16/h3-9,16-17H,1-2H3. The fraction of sp³-hybridized carbons (Fsp3) is 0.143. The molecule has 0 radical (unpaired) electrons. The Morgan fingerprint density at radius 2 is 1.53 bits per heavy atom. The molecule has 0 bridgehead atoms. The van der Waals surface area contributed by atoms with E-state index in [0.717, 1.165) is 16.2 Å². The third-order valence-corrected chi connectivity index (χ3v) is 2.77. The molecule has 0 unspecified atom stereocenters. The van der Waals surface area contributed by atoms with Gasteiger partial charge in [-0.2, -0.15) is 0 Å². The van der Waals surface area contributed by atoms with E-state index >= 15 is 0 Å². The molecule has 2 aromatic rings. The third-order valence-electron chi connectivity index (χ3n) is 2.77. The maximum absolute atomic E-state index is 10.2. The van der Waals surface area contributed by atoms with Gasteiger partial charge in [-0.3, -0.25) is 5.21 Å². The molecule has 0 fully saturated rings. The van der Waals surface area contributed by atoms with E-state index in [2.05, 4.69) is 0 Å². The summed E-state index contributed by atoms with van der Waals surface area (Å²) in [5.41, 5.74) is 2.84. The predicted molar refractivity (Wildman–Crippen MR) is 67.9 cm³/mol. The van der Waals surface area contributed by atoms with Crippen LogP contribution in [0.4, 0.5) is 11.4 Å². The lowest BCUT2D eigenvalue weighted by Gasteiger charge is -2.21. The Morgan fingerprint density at radius 1 is 0.882 bits per heavy atom. The van der Waals surface area contributed by atoms with Crippen LogP contribution in [0.15, 0.2) is 42.5 Å². The van der Waals surface area contributed by atoms with Crippen LogP contribution in [0.3, 0.4) is 0 Å². The van der Waals surface area contributed by atoms with Crippen LogP contribution in [-0.2, 0) is 0 Å². The van der Waals surface area contributed by atoms with E-state index in [9.17, 15) is 10.3 Å². The summed E-state index contributed by atoms with van der Waals surface area (Å²) in [6.45, 7) is 3.75. The summed E-state index contributed by atoms with van der Waals surface area (Å²) in [5, 5.41) is 21.0. The smallest absolute Gasteiger partial charge is 0.141 e. The minimum Gasteiger partial charge on any atom is -0.506 e. The number of nitrogens with zero attached hydrogens (tertiary/aromatic N) is 1. The van der Waals surface area contributed by atoms with Crippen LogP contribution in [0, 0.1) is 13.8 Å². The van der Waals surface area contributed by atoms with E-state index in [4.69, 9.17) is 0 Å². The number of phenolic OH excluding ortho intramolecular Hbond substituents is 1. The average Bonchev–Trinajstić information content (AvgIpc) is 2.29. The Kier molecular flexibility index (Phi) is 3.02. The number of anilines is 2. The molecule has 0 atom stereocenters. The van der Waals surface area contributed by atoms with Gasteiger partial charge in [-0.05, 0) is 37.1 Å². The van der Waals surface area contributed by atoms with Gasteiger partial charge in [-0.25, -0.2) is 5.06 Å². The molecule has 2 rings (SSSR count). The van der Waals surface area contributed by atoms with Gasteiger partial charge in [0.2, 0.25) is 0 Å². The highest BCUT2D eigenvalue weighted by molar-refractivity contribution is 5.71. The van der Waals surface area contributed by atoms with Gasteiger partial charge in [0.05, 0.1) is 5.69 Å². The topological polar surface area (TPSA) is 43.7 Å². The number of hydrogen-bond acceptors (Lipinski definition) is 3. The van der Waals surface area contributed by atoms with Crippen molar-refractivity contribution < 1.29 is 10.3 Å². The largest absolute Gasteiger partial charge is 0.506 e. The first kappa shape index (κ1) is 11.5. The van der Waals surface area contributed by atoms with Gasteiger partial charge >= 0.3 is 0 Å². The van der Waals surface area contributed by atoms with Gasteiger partial charge in [0.15, 0.2) is 0 Å². The summed E-state index contributed by atoms with van der Waals surface area (Å²) in [7, 11) is 0. The van der Waals surface area contributed by atoms with E-state index in [1.807, 2.05) is 38.1 Å². The Balaban J connectivity index is 2.51. The number of phenols is 1. The molecule has 0 saturated heterocycles. The fourth-order valence-electron chi connectivity index (χ4n) is 1.84. The highest BCUT2D eigenvalue weighted by Gasteiger charge is 2.14. The number of para-hydroxylation sites is 2. The number of aromatic hydroxyl groups is 1. The molecule has 88 valence electrons. The van der Waals surface area contributed by atoms with Crippen molar-refractivity contribution >= 4 is 11.4 Å². The summed E-state index contributed by atoms with van der Waals surface area (Å²) in [6.07, 6.45) is 0. The van der Waals surface area contributed by atoms with Crippen molar-refractivity contribution in [2.45, 2.75) is 13.8 Å². The highest BCUT2D eigenvalue weighted by atomic mass is 16.5. The summed E-state index contributed by atoms with van der Waals surface area (Å²) in [6, 6.07) is 12.6. The van der Waals surface area contributed by atoms with E-state index in [1.54, 1.807) is 18.2 Å². The van der Waals surface area contributed by atoms with E-state index in [0.29, 0.717) is 11.4 Å². The molecule has 0 saturated carbocycles. The molecule has 0 spiro atoms. The Bertz CT molecular complexity index is 517. The monoisotopic (exact) mass is 229 g/mol. The van der Waals surface area contributed by atoms with Crippen LogP contribution >= 0.6 is 0 Å². The maximum Gasteiger partial charge on any atom is 0.141 e. The van der Waals surface area contributed by atoms with Crippen LogP contribution in [0.1, 0.15) is 11.1 Å². The second-order valence-electron chi connectivity index (χ2n) is 4.04. The predicted octanol–water partition coefficient (Wildman–Crippen LogP) is 3.54. The molecular formula is C14H15NO2. The number of benzene rings is 2. The molecule has 3 nitrogen and oxygen atoms in total. The van der Waals surface area contributed by atoms with Crippen LogP contribution in [0.5, 0.6) is 5.75 Å². The van der Waals surface area contributed by atoms with Gasteiger partial charge in [0.25, 0.3) is 0 Å². The molecule has 0 amide bonds. The summed E-state index contributed by atoms with van der Waals surface area (Å²) in [5.74, 6) is 0.0655. The van der Waals surface area contributed by atoms with Gasteiger partial charge in [-0.15, -0.1) is 0 Å². The number of aryl methyl sites for hydroxylation is 2. The summed E-state index contributed by atoms with van der Waals surface area (Å²) < 4.78 is 0. The minimum atomic E-state index is 0.0655. The number of rotatable bonds is 2. The molecule has 0 heterocycles. The molecule has 0 aliphatic heterocycles. The first-order valence-corrected chi connectivity index (χ1v) is 5.44. The molecule has 0 aromatic heterocycles. The minimum absolute atomic E-state index is 0.0655. The van der Waals surface area contributed by atoms with Gasteiger partial charge in [0, 0.05) is 0 Å². The number of hydrogen-bond donors (Lipinski definition) is 2. The Labute approximate surface area is 101 Å². The second-order valence-corrected chi connectivity index (χ2v) is 4.04. The Hall–Kier alpha value is -2.00. The SMILES string of the molecule is Cc1ccccc1N(O)c1c(C)cccc1O. The molecule has 17 heavy (non-hydrogen) atoms. The normalized spacial score (nSPS) is 10.3. The molecule has 0 aliphatic rings. The van der Waals surface area contributed by atoms with Crippen molar-refractivity contribution in [2.75, 3.05) is 5.06 Å². The lowest BCUT2D eigenvalue weighted by molar-refractivity contribution is 0.295. The van der Waals surface area contributed by atoms with E-state index < -0.39 is 0 Å². The van der Waals surface area contributed by atoms with Crippen LogP contribution in [-0.4, -0.2) is 10.3 Å². The third kappa shape index (κ3) is 2.10. The summed E-state index contributed by atoms with van der Waals surface area (Å²) in [4.78, 5) is 0. The molecule has 0 aliphatic carbocycles. The first-order chi connectivity index (χ1) is 8.11.